The fourth-order valence-electron chi connectivity index (χ4n) is 14.0. The molecular weight excluding hydrogens is 1760 g/mol. The molecule has 642 valence electrons. The Morgan fingerprint density at radius 3 is 0.934 bits per heavy atom. The number of hydrogen-bond acceptors (Lipinski definition) is 28. The summed E-state index contributed by atoms with van der Waals surface area (Å²) in [5, 5.41) is 17.2. The van der Waals surface area contributed by atoms with Gasteiger partial charge in [-0.1, -0.05) is 41.2 Å². The molecule has 122 heavy (non-hydrogen) atoms. The molecular formula is C79H83Cl3N18O16S6. The zero-order valence-corrected chi connectivity index (χ0v) is 72.3. The largest absolute Gasteiger partial charge is 0.385 e. The molecule has 3 aromatic carbocycles. The summed E-state index contributed by atoms with van der Waals surface area (Å²) in [6.45, 7) is 13.5. The number of piperidine rings is 1. The van der Waals surface area contributed by atoms with Crippen LogP contribution in [-0.4, -0.2) is 200 Å². The van der Waals surface area contributed by atoms with Crippen LogP contribution in [0.2, 0.25) is 13.0 Å². The lowest BCUT2D eigenvalue weighted by molar-refractivity contribution is -0.118. The number of likely N-dealkylation sites (tertiary alicyclic amines) is 2. The van der Waals surface area contributed by atoms with E-state index < -0.39 is 83.6 Å². The van der Waals surface area contributed by atoms with Gasteiger partial charge in [-0.05, 0) is 235 Å². The second kappa shape index (κ2) is 40.6. The monoisotopic (exact) mass is 1840 g/mol. The van der Waals surface area contributed by atoms with Crippen molar-refractivity contribution in [3.8, 4) is 0 Å². The molecule has 34 nitrogen and oxygen atoms in total. The Morgan fingerprint density at radius 1 is 0.369 bits per heavy atom. The molecule has 9 N–H and O–H groups in total. The first-order valence-corrected chi connectivity index (χ1v) is 46.7. The summed E-state index contributed by atoms with van der Waals surface area (Å²) >= 11 is 19.8. The van der Waals surface area contributed by atoms with E-state index in [0.29, 0.717) is 33.4 Å². The van der Waals surface area contributed by atoms with Gasteiger partial charge in [0.15, 0.2) is 0 Å². The van der Waals surface area contributed by atoms with Crippen LogP contribution in [0.4, 0.5) is 66.0 Å². The number of urea groups is 3. The molecule has 6 aliphatic rings. The van der Waals surface area contributed by atoms with E-state index in [1.165, 1.54) is 150 Å². The van der Waals surface area contributed by atoms with Gasteiger partial charge in [-0.2, -0.15) is 0 Å². The van der Waals surface area contributed by atoms with Gasteiger partial charge in [-0.15, -0.1) is 34.0 Å². The minimum atomic E-state index is -4.10. The maximum atomic E-state index is 13.2. The van der Waals surface area contributed by atoms with Crippen LogP contribution < -0.4 is 60.8 Å². The van der Waals surface area contributed by atoms with Crippen LogP contribution in [0.1, 0.15) is 99.1 Å². The number of imide groups is 3. The number of ether oxygens (including phenoxy) is 1. The second-order valence-corrected chi connectivity index (χ2v) is 39.4. The summed E-state index contributed by atoms with van der Waals surface area (Å²) < 4.78 is 85.3. The lowest BCUT2D eigenvalue weighted by Gasteiger charge is -2.27. The molecule has 3 fully saturated rings. The molecule has 0 atom stereocenters. The number of benzene rings is 3. The van der Waals surface area contributed by atoms with Crippen LogP contribution in [0.15, 0.2) is 159 Å². The molecule has 0 aliphatic carbocycles. The zero-order chi connectivity index (χ0) is 86.2. The number of hydrogen-bond donors (Lipinski definition) is 9. The number of nitrogens with zero attached hydrogens (tertiary/aromatic N) is 9. The Bertz CT molecular complexity index is 5520. The summed E-state index contributed by atoms with van der Waals surface area (Å²) in [6.07, 6.45) is 13.2. The number of sulfonamides is 3. The van der Waals surface area contributed by atoms with Crippen LogP contribution in [0, 0.1) is 0 Å². The first-order chi connectivity index (χ1) is 58.6. The number of carbonyl (C=O) groups is 9. The summed E-state index contributed by atoms with van der Waals surface area (Å²) in [4.78, 5) is 138. The average molecular weight is 1840 g/mol. The Balaban J connectivity index is 0.000000158. The fourth-order valence-corrected chi connectivity index (χ4v) is 21.2. The highest BCUT2D eigenvalue weighted by Gasteiger charge is 2.37. The van der Waals surface area contributed by atoms with Crippen LogP contribution in [-0.2, 0) is 68.5 Å². The van der Waals surface area contributed by atoms with Crippen molar-refractivity contribution in [3.63, 3.8) is 0 Å². The van der Waals surface area contributed by atoms with Crippen molar-refractivity contribution in [2.45, 2.75) is 83.3 Å². The standard InChI is InChI=1S/C27H29ClN6O5S2.C26H27ClN6O6S2.C26H27ClN6O5S2/c28-22-8-10-25(40-22)41(38,39)32-27(37)31-20-6-9-23(30-17-20)34-24(35)16-18-15-19(5-7-21(18)26(34)36)29-11-4-14-33-12-2-1-3-13-33;27-21-5-7-24(40-21)41(37,38)31-26(36)30-19-3-6-22(29-16-19)33-23(34)15-17-14-18(2-4-20(17)25(33)35)28-8-1-9-32-10-12-39-13-11-32;27-21-7-9-24(39-21)40(37,38)31-26(36)30-19-5-8-22(29-16-19)33-23(34)15-17-14-18(4-6-20(17)25(33)35)28-10-3-13-32-11-1-2-12-32/h5-10,15,17,29H,1-4,11-14,16H2,(H2,31,32,37);2-7,14,16,28H,1,8-13,15H2,(H2,30,31,36);4-9,14,16,28H,1-3,10-13,15H2,(H2,30,31,36). The van der Waals surface area contributed by atoms with Gasteiger partial charge in [-0.25, -0.2) is 83.5 Å². The van der Waals surface area contributed by atoms with E-state index >= 15 is 0 Å². The number of nitrogens with one attached hydrogen (secondary N) is 9. The predicted octanol–water partition coefficient (Wildman–Crippen LogP) is 11.4. The number of halogens is 3. The van der Waals surface area contributed by atoms with Crippen molar-refractivity contribution in [1.82, 2.24) is 43.8 Å². The predicted molar refractivity (Wildman–Crippen MR) is 467 cm³/mol. The maximum absolute atomic E-state index is 13.2. The summed E-state index contributed by atoms with van der Waals surface area (Å²) in [5.41, 5.74) is 6.26. The number of amides is 12. The number of anilines is 9. The highest BCUT2D eigenvalue weighted by Crippen LogP contribution is 2.34. The minimum absolute atomic E-state index is 0.0268. The van der Waals surface area contributed by atoms with E-state index in [4.69, 9.17) is 39.5 Å². The number of rotatable bonds is 27. The summed E-state index contributed by atoms with van der Waals surface area (Å²) in [6, 6.07) is 29.7. The lowest BCUT2D eigenvalue weighted by Crippen LogP contribution is -2.43. The van der Waals surface area contributed by atoms with Gasteiger partial charge in [0.25, 0.3) is 47.8 Å². The number of pyridine rings is 3. The van der Waals surface area contributed by atoms with Gasteiger partial charge in [0, 0.05) is 66.5 Å². The molecule has 3 saturated heterocycles. The number of thiophene rings is 3. The Hall–Kier alpha value is -10.6. The fraction of sp³-hybridized carbons (Fsp3) is 0.316. The molecule has 0 bridgehead atoms. The molecule has 6 aromatic heterocycles. The smallest absolute Gasteiger partial charge is 0.333 e. The average Bonchev–Trinajstić information content (AvgIpc) is 1.08. The highest BCUT2D eigenvalue weighted by atomic mass is 35.5. The topological polar surface area (TPSA) is 432 Å². The van der Waals surface area contributed by atoms with Gasteiger partial charge < -0.3 is 46.4 Å². The van der Waals surface area contributed by atoms with E-state index in [9.17, 15) is 68.4 Å². The molecule has 6 aliphatic heterocycles. The molecule has 12 heterocycles. The molecule has 43 heteroatoms. The maximum Gasteiger partial charge on any atom is 0.333 e. The molecule has 0 spiro atoms. The third-order valence-electron chi connectivity index (χ3n) is 19.9. The van der Waals surface area contributed by atoms with Crippen molar-refractivity contribution in [2.75, 3.05) is 138 Å². The van der Waals surface area contributed by atoms with E-state index in [-0.39, 0.29) is 79.4 Å². The van der Waals surface area contributed by atoms with Crippen molar-refractivity contribution in [3.05, 3.63) is 192 Å². The molecule has 9 aromatic rings. The minimum Gasteiger partial charge on any atom is -0.385 e. The quantitative estimate of drug-likeness (QED) is 0.0170. The third-order valence-corrected chi connectivity index (χ3v) is 29.1. The number of morpholine rings is 1. The zero-order valence-electron chi connectivity index (χ0n) is 65.2. The normalized spacial score (nSPS) is 15.8. The van der Waals surface area contributed by atoms with Gasteiger partial charge >= 0.3 is 18.1 Å². The van der Waals surface area contributed by atoms with Gasteiger partial charge in [0.2, 0.25) is 17.7 Å². The number of aromatic nitrogens is 3. The molecule has 0 unspecified atom stereocenters. The Morgan fingerprint density at radius 2 is 0.656 bits per heavy atom. The van der Waals surface area contributed by atoms with Crippen LogP contribution in [0.3, 0.4) is 0 Å². The van der Waals surface area contributed by atoms with E-state index in [0.717, 1.165) is 151 Å². The van der Waals surface area contributed by atoms with Crippen molar-refractivity contribution in [1.29, 1.82) is 0 Å². The van der Waals surface area contributed by atoms with E-state index in [2.05, 4.69) is 61.6 Å². The van der Waals surface area contributed by atoms with Crippen molar-refractivity contribution < 1.29 is 73.1 Å². The van der Waals surface area contributed by atoms with E-state index in [1.54, 1.807) is 18.2 Å². The number of carbonyl (C=O) groups excluding carboxylic acids is 9. The molecule has 0 saturated carbocycles. The van der Waals surface area contributed by atoms with Crippen molar-refractivity contribution >= 4 is 204 Å². The van der Waals surface area contributed by atoms with Crippen LogP contribution in [0.5, 0.6) is 0 Å². The van der Waals surface area contributed by atoms with Crippen molar-refractivity contribution in [2.24, 2.45) is 0 Å². The summed E-state index contributed by atoms with van der Waals surface area (Å²) in [7, 11) is -12.3. The number of fused-ring (bicyclic) bond motifs is 3. The van der Waals surface area contributed by atoms with Crippen LogP contribution >= 0.6 is 68.8 Å². The Kier molecular flexibility index (Phi) is 29.7. The van der Waals surface area contributed by atoms with Gasteiger partial charge in [-0.3, -0.25) is 33.7 Å². The first-order valence-electron chi connectivity index (χ1n) is 38.7. The molecule has 12 amide bonds. The van der Waals surface area contributed by atoms with Gasteiger partial charge in [0.1, 0.15) is 30.1 Å². The highest BCUT2D eigenvalue weighted by molar-refractivity contribution is 7.93. The first kappa shape index (κ1) is 89.2. The van der Waals surface area contributed by atoms with Crippen LogP contribution in [0.25, 0.3) is 0 Å². The lowest BCUT2D eigenvalue weighted by atomic mass is 9.97. The Labute approximate surface area is 729 Å². The van der Waals surface area contributed by atoms with E-state index in [1.807, 2.05) is 50.6 Å². The molecule has 15 rings (SSSR count). The second-order valence-electron chi connectivity index (χ2n) is 28.6. The third kappa shape index (κ3) is 23.4. The summed E-state index contributed by atoms with van der Waals surface area (Å²) in [5.74, 6) is -2.47. The van der Waals surface area contributed by atoms with Gasteiger partial charge in [0.05, 0.1) is 81.1 Å². The SMILES string of the molecule is O=C(Nc1ccc(N2C(=O)Cc3cc(NCCCN4CCCC4)ccc3C2=O)nc1)NS(=O)(=O)c1ccc(Cl)s1.O=C(Nc1ccc(N2C(=O)Cc3cc(NCCCN4CCCCC4)ccc3C2=O)nc1)NS(=O)(=O)c1ccc(Cl)s1.O=C(Nc1ccc(N2C(=O)Cc3cc(NCCCN4CCOCC4)ccc3C2=O)nc1)NS(=O)(=O)c1ccc(Cl)s1. The molecule has 0 radical (unpaired) electrons.